The summed E-state index contributed by atoms with van der Waals surface area (Å²) in [4.78, 5) is 15.4. The van der Waals surface area contributed by atoms with Crippen LogP contribution < -0.4 is 0 Å². The molecule has 7 rings (SSSR count). The normalized spacial score (nSPS) is 14.2. The Balaban J connectivity index is 1.28. The van der Waals surface area contributed by atoms with Crippen LogP contribution in [-0.4, -0.2) is 11.4 Å². The lowest BCUT2D eigenvalue weighted by molar-refractivity contribution is 0.653. The summed E-state index contributed by atoms with van der Waals surface area (Å²) in [6.45, 7) is 9.18. The molecule has 4 aromatic heterocycles. The average molecular weight is 641 g/mol. The lowest BCUT2D eigenvalue weighted by Crippen LogP contribution is -2.16. The summed E-state index contributed by atoms with van der Waals surface area (Å²) in [5.74, 6) is 0. The number of hydrogen-bond donors (Lipinski definition) is 0. The smallest absolute Gasteiger partial charge is 0.216 e. The van der Waals surface area contributed by atoms with Crippen molar-refractivity contribution in [2.45, 2.75) is 38.5 Å². The van der Waals surface area contributed by atoms with Crippen LogP contribution in [0.5, 0.6) is 0 Å². The predicted octanol–water partition coefficient (Wildman–Crippen LogP) is 10.1. The monoisotopic (exact) mass is 640 g/mol. The van der Waals surface area contributed by atoms with E-state index in [0.29, 0.717) is 10.0 Å². The van der Waals surface area contributed by atoms with Gasteiger partial charge in [-0.15, -0.1) is 45.3 Å². The first-order chi connectivity index (χ1) is 21.1. The van der Waals surface area contributed by atoms with Gasteiger partial charge in [-0.3, -0.25) is 0 Å². The third kappa shape index (κ3) is 4.12. The van der Waals surface area contributed by atoms with Crippen LogP contribution in [0.15, 0.2) is 58.5 Å². The van der Waals surface area contributed by atoms with Gasteiger partial charge in [0.2, 0.25) is 11.4 Å². The maximum atomic E-state index is 9.08. The molecular weight excluding hydrogens is 621 g/mol. The first-order valence-electron chi connectivity index (χ1n) is 13.6. The van der Waals surface area contributed by atoms with Gasteiger partial charge in [0.05, 0.1) is 0 Å². The van der Waals surface area contributed by atoms with Crippen molar-refractivity contribution in [2.24, 2.45) is 9.98 Å². The molecule has 0 saturated carbocycles. The van der Waals surface area contributed by atoms with Crippen molar-refractivity contribution in [3.8, 4) is 64.7 Å². The zero-order chi connectivity index (χ0) is 31.0. The Hall–Kier alpha value is -4.68. The van der Waals surface area contributed by atoms with Crippen LogP contribution in [0.4, 0.5) is 10.0 Å². The Bertz CT molecular complexity index is 2090. The fourth-order valence-corrected chi connectivity index (χ4v) is 10.7. The number of aliphatic imine (C=N–C) groups is 2. The number of fused-ring (bicyclic) bond motifs is 6. The highest BCUT2D eigenvalue weighted by molar-refractivity contribution is 7.26. The van der Waals surface area contributed by atoms with Gasteiger partial charge in [-0.1, -0.05) is 27.7 Å². The molecule has 0 spiro atoms. The molecule has 2 aliphatic rings. The molecule has 0 atom stereocenters. The molecule has 0 N–H and O–H groups in total. The summed E-state index contributed by atoms with van der Waals surface area (Å²) < 4.78 is 0. The molecule has 1 aromatic carbocycles. The first kappa shape index (κ1) is 28.1. The maximum Gasteiger partial charge on any atom is 0.219 e. The molecule has 4 heterocycles. The van der Waals surface area contributed by atoms with E-state index >= 15 is 0 Å². The van der Waals surface area contributed by atoms with Crippen LogP contribution in [0.3, 0.4) is 0 Å². The van der Waals surface area contributed by atoms with E-state index < -0.39 is 0 Å². The molecular formula is C34H20N6S4. The number of hydrogen-bond acceptors (Lipinski definition) is 10. The van der Waals surface area contributed by atoms with Crippen LogP contribution >= 0.6 is 45.3 Å². The van der Waals surface area contributed by atoms with Crippen molar-refractivity contribution >= 4 is 66.8 Å². The van der Waals surface area contributed by atoms with Crippen molar-refractivity contribution in [2.75, 3.05) is 0 Å². The quantitative estimate of drug-likeness (QED) is 0.181. The summed E-state index contributed by atoms with van der Waals surface area (Å²) in [7, 11) is 0. The second-order valence-corrected chi connectivity index (χ2v) is 15.8. The van der Waals surface area contributed by atoms with Crippen LogP contribution in [0.1, 0.15) is 49.9 Å². The Morgan fingerprint density at radius 1 is 0.523 bits per heavy atom. The van der Waals surface area contributed by atoms with E-state index in [4.69, 9.17) is 21.0 Å². The fraction of sp³-hybridized carbons (Fsp3) is 0.176. The Morgan fingerprint density at radius 2 is 0.909 bits per heavy atom. The lowest BCUT2D eigenvalue weighted by atomic mass is 9.79. The van der Waals surface area contributed by atoms with E-state index in [9.17, 15) is 0 Å². The number of benzene rings is 1. The molecule has 0 saturated heterocycles. The van der Waals surface area contributed by atoms with Gasteiger partial charge < -0.3 is 0 Å². The topological polar surface area (TPSA) is 120 Å². The molecule has 0 fully saturated rings. The number of thiophene rings is 4. The molecule has 0 amide bonds. The minimum Gasteiger partial charge on any atom is -0.216 e. The lowest BCUT2D eigenvalue weighted by Gasteiger charge is -2.24. The molecule has 10 heteroatoms. The van der Waals surface area contributed by atoms with Gasteiger partial charge >= 0.3 is 0 Å². The van der Waals surface area contributed by atoms with Gasteiger partial charge in [0, 0.05) is 40.1 Å². The minimum absolute atomic E-state index is 0.140. The Morgan fingerprint density at radius 3 is 1.27 bits per heavy atom. The maximum absolute atomic E-state index is 9.08. The molecule has 44 heavy (non-hydrogen) atoms. The zero-order valence-corrected chi connectivity index (χ0v) is 27.2. The van der Waals surface area contributed by atoms with Gasteiger partial charge in [0.1, 0.15) is 34.3 Å². The fourth-order valence-electron chi connectivity index (χ4n) is 6.06. The third-order valence-corrected chi connectivity index (χ3v) is 13.0. The van der Waals surface area contributed by atoms with Crippen molar-refractivity contribution in [3.05, 3.63) is 70.8 Å². The van der Waals surface area contributed by atoms with E-state index in [1.165, 1.54) is 65.8 Å². The summed E-state index contributed by atoms with van der Waals surface area (Å²) in [5, 5.41) is 37.6. The Labute approximate surface area is 270 Å². The van der Waals surface area contributed by atoms with E-state index in [2.05, 4.69) is 61.9 Å². The van der Waals surface area contributed by atoms with E-state index in [1.807, 2.05) is 48.5 Å². The van der Waals surface area contributed by atoms with Crippen LogP contribution in [0.25, 0.3) is 40.4 Å². The molecule has 2 aliphatic carbocycles. The van der Waals surface area contributed by atoms with Crippen LogP contribution in [-0.2, 0) is 10.8 Å². The van der Waals surface area contributed by atoms with Crippen molar-refractivity contribution in [1.82, 2.24) is 0 Å². The molecule has 0 bridgehead atoms. The molecule has 5 aromatic rings. The van der Waals surface area contributed by atoms with Gasteiger partial charge in [-0.2, -0.15) is 21.0 Å². The molecule has 0 unspecified atom stereocenters. The number of nitriles is 4. The summed E-state index contributed by atoms with van der Waals surface area (Å²) >= 11 is 6.56. The van der Waals surface area contributed by atoms with Crippen molar-refractivity contribution in [1.29, 1.82) is 21.0 Å². The van der Waals surface area contributed by atoms with Gasteiger partial charge in [-0.25, -0.2) is 9.98 Å². The summed E-state index contributed by atoms with van der Waals surface area (Å²) in [6.07, 6.45) is 0. The van der Waals surface area contributed by atoms with Gasteiger partial charge in [0.25, 0.3) is 0 Å². The second kappa shape index (κ2) is 9.93. The highest BCUT2D eigenvalue weighted by atomic mass is 32.1. The molecule has 0 aliphatic heterocycles. The van der Waals surface area contributed by atoms with Gasteiger partial charge in [0.15, 0.2) is 0 Å². The zero-order valence-electron chi connectivity index (χ0n) is 23.9. The second-order valence-electron chi connectivity index (χ2n) is 11.5. The standard InChI is InChI=1S/C34H20N6S4/c1-33(2)21-9-20-22(10-19(21)31-23(33)11-27(43-31)25-5-7-29(41-25)39-17(13-35)14-36)34(3,4)24-12-28(44-32(20)24)26-6-8-30(42-26)40-18(15-37)16-38/h5-12H,1-4H3. The summed E-state index contributed by atoms with van der Waals surface area (Å²) in [6, 6.07) is 24.5. The number of rotatable bonds is 4. The van der Waals surface area contributed by atoms with Crippen molar-refractivity contribution in [3.63, 3.8) is 0 Å². The number of nitrogens with zero attached hydrogens (tertiary/aromatic N) is 6. The minimum atomic E-state index is -0.172. The highest BCUT2D eigenvalue weighted by Gasteiger charge is 2.43. The van der Waals surface area contributed by atoms with E-state index in [1.54, 1.807) is 22.7 Å². The first-order valence-corrected chi connectivity index (χ1v) is 16.8. The highest BCUT2D eigenvalue weighted by Crippen LogP contribution is 2.61. The Kier molecular flexibility index (Phi) is 6.34. The molecule has 210 valence electrons. The van der Waals surface area contributed by atoms with E-state index in [-0.39, 0.29) is 22.3 Å². The largest absolute Gasteiger partial charge is 0.219 e. The van der Waals surface area contributed by atoms with E-state index in [0.717, 1.165) is 19.5 Å². The predicted molar refractivity (Wildman–Crippen MR) is 181 cm³/mol. The van der Waals surface area contributed by atoms with Crippen LogP contribution in [0.2, 0.25) is 0 Å². The molecule has 6 nitrogen and oxygen atoms in total. The molecule has 0 radical (unpaired) electrons. The van der Waals surface area contributed by atoms with Gasteiger partial charge in [-0.05, 0) is 81.9 Å². The third-order valence-electron chi connectivity index (χ3n) is 8.34. The van der Waals surface area contributed by atoms with Crippen molar-refractivity contribution < 1.29 is 0 Å². The SMILES string of the molecule is CC1(C)c2cc3c(cc2-c2sc(-c4ccc(N=C(C#N)C#N)s4)cc21)C(C)(C)c1cc(-c2ccc(N=C(C#N)C#N)s2)sc1-3. The average Bonchev–Trinajstić information content (AvgIpc) is 3.84. The summed E-state index contributed by atoms with van der Waals surface area (Å²) in [5.41, 5.74) is 7.26. The van der Waals surface area contributed by atoms with Crippen LogP contribution in [0, 0.1) is 45.3 Å².